The van der Waals surface area contributed by atoms with Crippen molar-refractivity contribution in [2.24, 2.45) is 0 Å². The molecule has 4 nitrogen and oxygen atoms in total. The third-order valence-corrected chi connectivity index (χ3v) is 2.00. The average molecular weight is 205 g/mol. The summed E-state index contributed by atoms with van der Waals surface area (Å²) in [7, 11) is -2.72. The van der Waals surface area contributed by atoms with Gasteiger partial charge in [0.15, 0.2) is 0 Å². The van der Waals surface area contributed by atoms with E-state index in [1.54, 1.807) is 0 Å². The highest BCUT2D eigenvalue weighted by Crippen LogP contribution is 1.97. The van der Waals surface area contributed by atoms with Crippen LogP contribution >= 0.6 is 25.3 Å². The minimum atomic E-state index is -2.72. The molecular weight excluding hydrogens is 194 g/mol. The van der Waals surface area contributed by atoms with Crippen LogP contribution in [0.15, 0.2) is 0 Å². The fourth-order valence-electron chi connectivity index (χ4n) is 0.200. The van der Waals surface area contributed by atoms with E-state index in [-0.39, 0.29) is 18.0 Å². The maximum Gasteiger partial charge on any atom is 0.257 e. The molecular formula is C3H11NO3S3. The van der Waals surface area contributed by atoms with Gasteiger partial charge in [-0.05, 0) is 0 Å². The minimum Gasteiger partial charge on any atom is -0.344 e. The first-order valence-electron chi connectivity index (χ1n) is 2.23. The Kier molecular flexibility index (Phi) is 10.1. The molecule has 0 rings (SSSR count). The van der Waals surface area contributed by atoms with Gasteiger partial charge in [0.05, 0.1) is 6.61 Å². The van der Waals surface area contributed by atoms with Crippen molar-refractivity contribution in [2.75, 3.05) is 12.4 Å². The second-order valence-corrected chi connectivity index (χ2v) is 3.16. The SMILES string of the molecule is N.O=[SH](=O)OCC(S)CS. The first-order chi connectivity index (χ1) is 4.16. The van der Waals surface area contributed by atoms with Gasteiger partial charge in [0.25, 0.3) is 11.0 Å². The van der Waals surface area contributed by atoms with Crippen molar-refractivity contribution >= 4 is 36.2 Å². The Morgan fingerprint density at radius 2 is 2.00 bits per heavy atom. The molecule has 1 unspecified atom stereocenters. The molecule has 64 valence electrons. The molecule has 7 heteroatoms. The quantitative estimate of drug-likeness (QED) is 0.484. The zero-order valence-corrected chi connectivity index (χ0v) is 7.95. The normalized spacial score (nSPS) is 12.7. The van der Waals surface area contributed by atoms with E-state index in [0.29, 0.717) is 5.75 Å². The van der Waals surface area contributed by atoms with Crippen molar-refractivity contribution in [3.05, 3.63) is 0 Å². The molecule has 0 saturated heterocycles. The summed E-state index contributed by atoms with van der Waals surface area (Å²) in [5.74, 6) is 0.506. The van der Waals surface area contributed by atoms with Gasteiger partial charge in [-0.3, -0.25) is 4.18 Å². The van der Waals surface area contributed by atoms with Gasteiger partial charge in [0.2, 0.25) is 0 Å². The van der Waals surface area contributed by atoms with Crippen molar-refractivity contribution in [3.8, 4) is 0 Å². The number of hydrogen-bond acceptors (Lipinski definition) is 6. The van der Waals surface area contributed by atoms with Gasteiger partial charge in [-0.15, -0.1) is 0 Å². The number of thiol groups is 3. The van der Waals surface area contributed by atoms with Crippen LogP contribution in [0.5, 0.6) is 0 Å². The summed E-state index contributed by atoms with van der Waals surface area (Å²) < 4.78 is 23.8. The van der Waals surface area contributed by atoms with Crippen molar-refractivity contribution in [1.82, 2.24) is 6.15 Å². The molecule has 0 aliphatic carbocycles. The Labute approximate surface area is 72.9 Å². The van der Waals surface area contributed by atoms with Crippen molar-refractivity contribution in [3.63, 3.8) is 0 Å². The summed E-state index contributed by atoms with van der Waals surface area (Å²) in [5.41, 5.74) is 0. The van der Waals surface area contributed by atoms with Gasteiger partial charge in [-0.25, -0.2) is 8.42 Å². The standard InChI is InChI=1S/C3H8O3S3.H3N/c4-9(5)6-1-3(8)2-7;/h3,7-9H,1-2H2;1H3. The van der Waals surface area contributed by atoms with E-state index in [4.69, 9.17) is 0 Å². The largest absolute Gasteiger partial charge is 0.344 e. The van der Waals surface area contributed by atoms with E-state index in [1.165, 1.54) is 0 Å². The summed E-state index contributed by atoms with van der Waals surface area (Å²) in [4.78, 5) is 0. The summed E-state index contributed by atoms with van der Waals surface area (Å²) in [6.07, 6.45) is 0. The van der Waals surface area contributed by atoms with Gasteiger partial charge in [-0.2, -0.15) is 25.3 Å². The van der Waals surface area contributed by atoms with Crippen LogP contribution in [0, 0.1) is 0 Å². The fraction of sp³-hybridized carbons (Fsp3) is 1.00. The van der Waals surface area contributed by atoms with E-state index in [1.807, 2.05) is 0 Å². The Hall–Kier alpha value is 0.570. The molecule has 0 aromatic heterocycles. The van der Waals surface area contributed by atoms with Crippen LogP contribution in [0.3, 0.4) is 0 Å². The second-order valence-electron chi connectivity index (χ2n) is 1.36. The Bertz CT molecular complexity index is 129. The van der Waals surface area contributed by atoms with Crippen LogP contribution in [0.25, 0.3) is 0 Å². The van der Waals surface area contributed by atoms with Crippen LogP contribution in [0.1, 0.15) is 0 Å². The maximum absolute atomic E-state index is 9.78. The van der Waals surface area contributed by atoms with Gasteiger partial charge >= 0.3 is 0 Å². The maximum atomic E-state index is 9.78. The lowest BCUT2D eigenvalue weighted by Gasteiger charge is -2.01. The highest BCUT2D eigenvalue weighted by atomic mass is 32.2. The van der Waals surface area contributed by atoms with Crippen LogP contribution in [-0.4, -0.2) is 26.0 Å². The third kappa shape index (κ3) is 8.57. The first kappa shape index (κ1) is 13.2. The van der Waals surface area contributed by atoms with Gasteiger partial charge in [0, 0.05) is 11.0 Å². The predicted molar refractivity (Wildman–Crippen MR) is 47.9 cm³/mol. The summed E-state index contributed by atoms with van der Waals surface area (Å²) in [6.45, 7) is 0.102. The third-order valence-electron chi connectivity index (χ3n) is 0.583. The molecule has 0 radical (unpaired) electrons. The first-order valence-corrected chi connectivity index (χ1v) is 4.47. The Morgan fingerprint density at radius 3 is 2.30 bits per heavy atom. The molecule has 0 aliphatic rings. The van der Waals surface area contributed by atoms with E-state index >= 15 is 0 Å². The highest BCUT2D eigenvalue weighted by Gasteiger charge is 1.98. The van der Waals surface area contributed by atoms with Gasteiger partial charge in [-0.1, -0.05) is 0 Å². The molecule has 10 heavy (non-hydrogen) atoms. The topological polar surface area (TPSA) is 78.4 Å². The van der Waals surface area contributed by atoms with Crippen LogP contribution in [0.2, 0.25) is 0 Å². The lowest BCUT2D eigenvalue weighted by molar-refractivity contribution is 0.339. The molecule has 0 spiro atoms. The van der Waals surface area contributed by atoms with Gasteiger partial charge in [0.1, 0.15) is 0 Å². The molecule has 0 fully saturated rings. The molecule has 0 aromatic rings. The van der Waals surface area contributed by atoms with E-state index in [0.717, 1.165) is 0 Å². The number of rotatable bonds is 4. The second kappa shape index (κ2) is 7.67. The predicted octanol–water partition coefficient (Wildman–Crippen LogP) is -0.0804. The van der Waals surface area contributed by atoms with Crippen LogP contribution in [-0.2, 0) is 15.2 Å². The fourth-order valence-corrected chi connectivity index (χ4v) is 0.799. The zero-order valence-electron chi connectivity index (χ0n) is 5.27. The molecule has 0 aromatic carbocycles. The minimum absolute atomic E-state index is 0. The molecule has 3 N–H and O–H groups in total. The molecule has 0 aliphatic heterocycles. The summed E-state index contributed by atoms with van der Waals surface area (Å²) in [5, 5.41) is -0.110. The molecule has 0 saturated carbocycles. The molecule has 0 bridgehead atoms. The van der Waals surface area contributed by atoms with E-state index in [2.05, 4.69) is 29.4 Å². The Morgan fingerprint density at radius 1 is 1.50 bits per heavy atom. The van der Waals surface area contributed by atoms with Gasteiger partial charge < -0.3 is 6.15 Å². The lowest BCUT2D eigenvalue weighted by atomic mass is 10.5. The van der Waals surface area contributed by atoms with E-state index < -0.39 is 11.0 Å². The van der Waals surface area contributed by atoms with Crippen molar-refractivity contribution < 1.29 is 12.6 Å². The van der Waals surface area contributed by atoms with Crippen LogP contribution < -0.4 is 6.15 Å². The van der Waals surface area contributed by atoms with E-state index in [9.17, 15) is 8.42 Å². The molecule has 1 atom stereocenters. The zero-order chi connectivity index (χ0) is 7.28. The van der Waals surface area contributed by atoms with Crippen molar-refractivity contribution in [1.29, 1.82) is 0 Å². The average Bonchev–Trinajstić information content (AvgIpc) is 1.83. The monoisotopic (exact) mass is 205 g/mol. The highest BCUT2D eigenvalue weighted by molar-refractivity contribution is 7.84. The lowest BCUT2D eigenvalue weighted by Crippen LogP contribution is -2.09. The molecule has 0 amide bonds. The van der Waals surface area contributed by atoms with Crippen molar-refractivity contribution in [2.45, 2.75) is 5.25 Å². The Balaban J connectivity index is 0. The summed E-state index contributed by atoms with van der Waals surface area (Å²) in [6, 6.07) is 0. The summed E-state index contributed by atoms with van der Waals surface area (Å²) >= 11 is 7.80. The smallest absolute Gasteiger partial charge is 0.257 e. The van der Waals surface area contributed by atoms with Crippen LogP contribution in [0.4, 0.5) is 0 Å². The number of hydrogen-bond donors (Lipinski definition) is 4. The molecule has 0 heterocycles.